The smallest absolute Gasteiger partial charge is 0.270 e. The predicted molar refractivity (Wildman–Crippen MR) is 112 cm³/mol. The van der Waals surface area contributed by atoms with Crippen LogP contribution >= 0.6 is 0 Å². The van der Waals surface area contributed by atoms with Gasteiger partial charge in [0.05, 0.1) is 12.6 Å². The monoisotopic (exact) mass is 385 g/mol. The summed E-state index contributed by atoms with van der Waals surface area (Å²) in [5, 5.41) is 9.88. The van der Waals surface area contributed by atoms with Gasteiger partial charge in [-0.25, -0.2) is 0 Å². The number of carbonyl (C=O) groups is 1. The largest absolute Gasteiger partial charge is 0.351 e. The molecule has 2 aromatic heterocycles. The summed E-state index contributed by atoms with van der Waals surface area (Å²) in [5.41, 5.74) is 2.90. The lowest BCUT2D eigenvalue weighted by Gasteiger charge is -2.32. The van der Waals surface area contributed by atoms with Crippen molar-refractivity contribution in [3.8, 4) is 0 Å². The Morgan fingerprint density at radius 1 is 1.07 bits per heavy atom. The summed E-state index contributed by atoms with van der Waals surface area (Å²) < 4.78 is 2.21. The standard InChI is InChI=1S/C23H23N5O/c1-16-14-27(23(29)20-13-18-9-5-6-10-19(18)24-20)15-22-26-25-21(28(16)22)12-11-17-7-3-2-4-8-17/h2-10,13,16,24H,11-12,14-15H2,1H3/t16-/m0/s1. The molecule has 29 heavy (non-hydrogen) atoms. The summed E-state index contributed by atoms with van der Waals surface area (Å²) in [6.07, 6.45) is 1.78. The molecule has 1 aliphatic heterocycles. The molecule has 6 heteroatoms. The van der Waals surface area contributed by atoms with Crippen LogP contribution in [0.3, 0.4) is 0 Å². The molecule has 0 unspecified atom stereocenters. The molecule has 0 spiro atoms. The highest BCUT2D eigenvalue weighted by Crippen LogP contribution is 2.24. The number of aryl methyl sites for hydroxylation is 2. The molecular weight excluding hydrogens is 362 g/mol. The van der Waals surface area contributed by atoms with Gasteiger partial charge in [-0.05, 0) is 31.0 Å². The average Bonchev–Trinajstić information content (AvgIpc) is 3.36. The van der Waals surface area contributed by atoms with Gasteiger partial charge in [-0.3, -0.25) is 4.79 Å². The van der Waals surface area contributed by atoms with Crippen LogP contribution in [0.5, 0.6) is 0 Å². The third kappa shape index (κ3) is 3.31. The summed E-state index contributed by atoms with van der Waals surface area (Å²) in [4.78, 5) is 18.2. The molecule has 1 N–H and O–H groups in total. The van der Waals surface area contributed by atoms with E-state index < -0.39 is 0 Å². The first-order chi connectivity index (χ1) is 14.2. The maximum atomic E-state index is 13.1. The Balaban J connectivity index is 1.34. The van der Waals surface area contributed by atoms with Gasteiger partial charge in [0.25, 0.3) is 5.91 Å². The SMILES string of the molecule is C[C@H]1CN(C(=O)c2cc3ccccc3[nH]2)Cc2nnc(CCc3ccccc3)n21. The molecule has 6 nitrogen and oxygen atoms in total. The normalized spacial score (nSPS) is 16.2. The van der Waals surface area contributed by atoms with E-state index in [1.807, 2.05) is 41.3 Å². The highest BCUT2D eigenvalue weighted by molar-refractivity contribution is 5.98. The number of aromatic nitrogens is 4. The van der Waals surface area contributed by atoms with Gasteiger partial charge in [0.2, 0.25) is 0 Å². The summed E-state index contributed by atoms with van der Waals surface area (Å²) in [6, 6.07) is 20.4. The van der Waals surface area contributed by atoms with E-state index in [2.05, 4.69) is 50.9 Å². The number of rotatable bonds is 4. The van der Waals surface area contributed by atoms with Crippen LogP contribution in [-0.2, 0) is 19.4 Å². The number of nitrogens with zero attached hydrogens (tertiary/aromatic N) is 4. The number of para-hydroxylation sites is 1. The Labute approximate surface area is 169 Å². The Morgan fingerprint density at radius 3 is 2.69 bits per heavy atom. The maximum Gasteiger partial charge on any atom is 0.270 e. The topological polar surface area (TPSA) is 66.8 Å². The van der Waals surface area contributed by atoms with Crippen molar-refractivity contribution in [1.29, 1.82) is 0 Å². The van der Waals surface area contributed by atoms with E-state index in [4.69, 9.17) is 0 Å². The average molecular weight is 385 g/mol. The minimum atomic E-state index is 0.00753. The van der Waals surface area contributed by atoms with E-state index in [9.17, 15) is 4.79 Å². The first kappa shape index (κ1) is 17.7. The summed E-state index contributed by atoms with van der Waals surface area (Å²) in [7, 11) is 0. The second-order valence-electron chi connectivity index (χ2n) is 7.69. The maximum absolute atomic E-state index is 13.1. The number of nitrogens with one attached hydrogen (secondary N) is 1. The van der Waals surface area contributed by atoms with Gasteiger partial charge in [0.1, 0.15) is 11.5 Å². The molecule has 146 valence electrons. The molecule has 0 bridgehead atoms. The Bertz CT molecular complexity index is 1130. The van der Waals surface area contributed by atoms with Crippen LogP contribution in [0, 0.1) is 0 Å². The molecule has 2 aromatic carbocycles. The zero-order valence-corrected chi connectivity index (χ0v) is 16.4. The zero-order valence-electron chi connectivity index (χ0n) is 16.4. The predicted octanol–water partition coefficient (Wildman–Crippen LogP) is 3.76. The lowest BCUT2D eigenvalue weighted by atomic mass is 10.1. The van der Waals surface area contributed by atoms with Gasteiger partial charge in [-0.15, -0.1) is 10.2 Å². The minimum absolute atomic E-state index is 0.00753. The molecule has 0 fully saturated rings. The molecule has 3 heterocycles. The summed E-state index contributed by atoms with van der Waals surface area (Å²) in [6.45, 7) is 3.26. The van der Waals surface area contributed by atoms with E-state index in [0.717, 1.165) is 35.4 Å². The van der Waals surface area contributed by atoms with Crippen molar-refractivity contribution in [2.75, 3.05) is 6.54 Å². The van der Waals surface area contributed by atoms with Crippen LogP contribution < -0.4 is 0 Å². The number of H-pyrrole nitrogens is 1. The zero-order chi connectivity index (χ0) is 19.8. The minimum Gasteiger partial charge on any atom is -0.351 e. The molecule has 0 saturated carbocycles. The van der Waals surface area contributed by atoms with Crippen molar-refractivity contribution < 1.29 is 4.79 Å². The molecule has 1 amide bonds. The first-order valence-electron chi connectivity index (χ1n) is 10.0. The number of hydrogen-bond acceptors (Lipinski definition) is 3. The number of benzene rings is 2. The van der Waals surface area contributed by atoms with Crippen molar-refractivity contribution in [2.45, 2.75) is 32.4 Å². The van der Waals surface area contributed by atoms with Crippen LogP contribution in [0.1, 0.15) is 40.7 Å². The third-order valence-electron chi connectivity index (χ3n) is 5.62. The van der Waals surface area contributed by atoms with Crippen molar-refractivity contribution >= 4 is 16.8 Å². The number of hydrogen-bond donors (Lipinski definition) is 1. The van der Waals surface area contributed by atoms with E-state index in [1.54, 1.807) is 0 Å². The second-order valence-corrected chi connectivity index (χ2v) is 7.69. The van der Waals surface area contributed by atoms with Crippen LogP contribution in [0.4, 0.5) is 0 Å². The lowest BCUT2D eigenvalue weighted by Crippen LogP contribution is -2.41. The van der Waals surface area contributed by atoms with Crippen molar-refractivity contribution in [2.24, 2.45) is 0 Å². The molecule has 0 saturated heterocycles. The quantitative estimate of drug-likeness (QED) is 0.582. The van der Waals surface area contributed by atoms with E-state index in [-0.39, 0.29) is 11.9 Å². The number of fused-ring (bicyclic) bond motifs is 2. The van der Waals surface area contributed by atoms with Gasteiger partial charge in [-0.1, -0.05) is 48.5 Å². The molecule has 1 aliphatic rings. The number of amides is 1. The van der Waals surface area contributed by atoms with Gasteiger partial charge in [0, 0.05) is 23.9 Å². The van der Waals surface area contributed by atoms with Crippen LogP contribution in [0.2, 0.25) is 0 Å². The summed E-state index contributed by atoms with van der Waals surface area (Å²) >= 11 is 0. The van der Waals surface area contributed by atoms with E-state index in [1.165, 1.54) is 5.56 Å². The third-order valence-corrected chi connectivity index (χ3v) is 5.62. The first-order valence-corrected chi connectivity index (χ1v) is 10.0. The number of carbonyl (C=O) groups excluding carboxylic acids is 1. The molecule has 0 radical (unpaired) electrons. The molecule has 5 rings (SSSR count). The van der Waals surface area contributed by atoms with E-state index in [0.29, 0.717) is 18.8 Å². The Hall–Kier alpha value is -3.41. The van der Waals surface area contributed by atoms with Crippen LogP contribution in [-0.4, -0.2) is 37.1 Å². The lowest BCUT2D eigenvalue weighted by molar-refractivity contribution is 0.0674. The van der Waals surface area contributed by atoms with Gasteiger partial charge < -0.3 is 14.5 Å². The van der Waals surface area contributed by atoms with E-state index >= 15 is 0 Å². The summed E-state index contributed by atoms with van der Waals surface area (Å²) in [5.74, 6) is 1.86. The number of aromatic amines is 1. The fraction of sp³-hybridized carbons (Fsp3) is 0.261. The second kappa shape index (κ2) is 7.20. The molecule has 4 aromatic rings. The highest BCUT2D eigenvalue weighted by Gasteiger charge is 2.30. The Kier molecular flexibility index (Phi) is 4.39. The van der Waals surface area contributed by atoms with Crippen molar-refractivity contribution in [1.82, 2.24) is 24.6 Å². The molecule has 0 aliphatic carbocycles. The molecule has 1 atom stereocenters. The van der Waals surface area contributed by atoms with Gasteiger partial charge in [-0.2, -0.15) is 0 Å². The fourth-order valence-corrected chi connectivity index (χ4v) is 4.20. The van der Waals surface area contributed by atoms with Gasteiger partial charge >= 0.3 is 0 Å². The van der Waals surface area contributed by atoms with Crippen LogP contribution in [0.25, 0.3) is 10.9 Å². The molecular formula is C23H23N5O. The van der Waals surface area contributed by atoms with Gasteiger partial charge in [0.15, 0.2) is 5.82 Å². The van der Waals surface area contributed by atoms with Crippen LogP contribution in [0.15, 0.2) is 60.7 Å². The Morgan fingerprint density at radius 2 is 1.86 bits per heavy atom. The van der Waals surface area contributed by atoms with Crippen molar-refractivity contribution in [3.05, 3.63) is 83.6 Å². The highest BCUT2D eigenvalue weighted by atomic mass is 16.2. The fourth-order valence-electron chi connectivity index (χ4n) is 4.20. The van der Waals surface area contributed by atoms with Crippen molar-refractivity contribution in [3.63, 3.8) is 0 Å².